The maximum atomic E-state index is 2.47. The van der Waals surface area contributed by atoms with E-state index in [1.807, 2.05) is 0 Å². The normalized spacial score (nSPS) is 11.8. The molecular weight excluding hydrogens is 697 g/mol. The van der Waals surface area contributed by atoms with Gasteiger partial charge in [-0.3, -0.25) is 0 Å². The van der Waals surface area contributed by atoms with E-state index in [9.17, 15) is 0 Å². The first kappa shape index (κ1) is 32.7. The summed E-state index contributed by atoms with van der Waals surface area (Å²) in [5.41, 5.74) is 9.93. The molecule has 0 unspecified atom stereocenters. The first-order valence-corrected chi connectivity index (χ1v) is 20.2. The summed E-state index contributed by atoms with van der Waals surface area (Å²) < 4.78 is 0. The lowest BCUT2D eigenvalue weighted by atomic mass is 9.82. The summed E-state index contributed by atoms with van der Waals surface area (Å²) in [7, 11) is 0. The van der Waals surface area contributed by atoms with E-state index in [1.165, 1.54) is 120 Å². The average Bonchev–Trinajstić information content (AvgIpc) is 3.30. The lowest BCUT2D eigenvalue weighted by Crippen LogP contribution is -1.93. The molecule has 0 aliphatic heterocycles. The molecule has 0 nitrogen and oxygen atoms in total. The van der Waals surface area contributed by atoms with E-state index >= 15 is 0 Å². The molecule has 12 aromatic rings. The van der Waals surface area contributed by atoms with Crippen molar-refractivity contribution in [1.29, 1.82) is 0 Å². The van der Waals surface area contributed by atoms with Gasteiger partial charge in [-0.05, 0) is 144 Å². The number of hydrogen-bond acceptors (Lipinski definition) is 0. The monoisotopic (exact) mass is 732 g/mol. The van der Waals surface area contributed by atoms with Gasteiger partial charge in [0.2, 0.25) is 0 Å². The van der Waals surface area contributed by atoms with E-state index in [2.05, 4.69) is 218 Å². The molecule has 12 aromatic carbocycles. The Labute approximate surface area is 336 Å². The third-order valence-electron chi connectivity index (χ3n) is 12.4. The van der Waals surface area contributed by atoms with Crippen LogP contribution in [0.3, 0.4) is 0 Å². The van der Waals surface area contributed by atoms with Crippen LogP contribution in [0, 0.1) is 0 Å². The van der Waals surface area contributed by atoms with Crippen molar-refractivity contribution in [1.82, 2.24) is 0 Å². The quantitative estimate of drug-likeness (QED) is 0.125. The van der Waals surface area contributed by atoms with E-state index < -0.39 is 0 Å². The molecular formula is C58H36. The van der Waals surface area contributed by atoms with Crippen LogP contribution >= 0.6 is 0 Å². The summed E-state index contributed by atoms with van der Waals surface area (Å²) in [5.74, 6) is 0. The number of hydrogen-bond donors (Lipinski definition) is 0. The van der Waals surface area contributed by atoms with Crippen molar-refractivity contribution in [2.24, 2.45) is 0 Å². The maximum absolute atomic E-state index is 2.47. The summed E-state index contributed by atoms with van der Waals surface area (Å²) in [6, 6.07) is 81.1. The molecule has 0 heterocycles. The van der Waals surface area contributed by atoms with Gasteiger partial charge in [0.1, 0.15) is 0 Å². The Bertz CT molecular complexity index is 3620. The van der Waals surface area contributed by atoms with Crippen LogP contribution in [-0.4, -0.2) is 0 Å². The Hall–Kier alpha value is -7.54. The van der Waals surface area contributed by atoms with Crippen molar-refractivity contribution in [3.63, 3.8) is 0 Å². The predicted octanol–water partition coefficient (Wildman–Crippen LogP) is 16.4. The molecule has 0 aromatic heterocycles. The van der Waals surface area contributed by atoms with Gasteiger partial charge >= 0.3 is 0 Å². The van der Waals surface area contributed by atoms with Gasteiger partial charge in [0, 0.05) is 0 Å². The third kappa shape index (κ3) is 5.02. The van der Waals surface area contributed by atoms with Gasteiger partial charge in [0.05, 0.1) is 0 Å². The first-order chi connectivity index (χ1) is 28.8. The van der Waals surface area contributed by atoms with Crippen LogP contribution in [-0.2, 0) is 0 Å². The SMILES string of the molecule is c1cc(-c2c3ccccc3c(-c3cc4ccccc4c4ccccc34)c3cc(-c4cccc5ccccc45)ccc23)cc(-c2cc3ccccc3c3ccccc23)c1. The molecule has 0 saturated carbocycles. The Morgan fingerprint density at radius 1 is 0.172 bits per heavy atom. The van der Waals surface area contributed by atoms with Gasteiger partial charge < -0.3 is 0 Å². The number of benzene rings is 12. The highest BCUT2D eigenvalue weighted by molar-refractivity contribution is 6.26. The Morgan fingerprint density at radius 3 is 1.31 bits per heavy atom. The van der Waals surface area contributed by atoms with E-state index in [0.29, 0.717) is 0 Å². The first-order valence-electron chi connectivity index (χ1n) is 20.2. The van der Waals surface area contributed by atoms with E-state index in [1.54, 1.807) is 0 Å². The fraction of sp³-hybridized carbons (Fsp3) is 0. The van der Waals surface area contributed by atoms with Crippen molar-refractivity contribution < 1.29 is 0 Å². The van der Waals surface area contributed by atoms with Gasteiger partial charge in [-0.15, -0.1) is 0 Å². The molecule has 0 radical (unpaired) electrons. The fourth-order valence-corrected chi connectivity index (χ4v) is 9.82. The third-order valence-corrected chi connectivity index (χ3v) is 12.4. The summed E-state index contributed by atoms with van der Waals surface area (Å²) in [4.78, 5) is 0. The second kappa shape index (κ2) is 13.0. The molecule has 268 valence electrons. The largest absolute Gasteiger partial charge is 0.0616 e. The van der Waals surface area contributed by atoms with Crippen molar-refractivity contribution in [3.05, 3.63) is 218 Å². The minimum Gasteiger partial charge on any atom is -0.0616 e. The highest BCUT2D eigenvalue weighted by Gasteiger charge is 2.21. The van der Waals surface area contributed by atoms with Crippen LogP contribution in [0.15, 0.2) is 218 Å². The van der Waals surface area contributed by atoms with Crippen LogP contribution in [0.4, 0.5) is 0 Å². The van der Waals surface area contributed by atoms with Gasteiger partial charge in [0.25, 0.3) is 0 Å². The summed E-state index contributed by atoms with van der Waals surface area (Å²) in [6.07, 6.45) is 0. The molecule has 0 aliphatic rings. The lowest BCUT2D eigenvalue weighted by Gasteiger charge is -2.21. The van der Waals surface area contributed by atoms with Crippen LogP contribution in [0.1, 0.15) is 0 Å². The van der Waals surface area contributed by atoms with Crippen molar-refractivity contribution >= 4 is 75.4 Å². The summed E-state index contributed by atoms with van der Waals surface area (Å²) in [6.45, 7) is 0. The molecule has 0 N–H and O–H groups in total. The van der Waals surface area contributed by atoms with Gasteiger partial charge in [-0.2, -0.15) is 0 Å². The van der Waals surface area contributed by atoms with Gasteiger partial charge in [0.15, 0.2) is 0 Å². The zero-order valence-electron chi connectivity index (χ0n) is 31.8. The maximum Gasteiger partial charge on any atom is -0.00197 e. The van der Waals surface area contributed by atoms with Crippen LogP contribution in [0.2, 0.25) is 0 Å². The number of rotatable bonds is 4. The second-order valence-corrected chi connectivity index (χ2v) is 15.5. The Morgan fingerprint density at radius 2 is 0.621 bits per heavy atom. The molecule has 0 amide bonds. The molecule has 0 spiro atoms. The molecule has 0 aliphatic carbocycles. The van der Waals surface area contributed by atoms with Crippen molar-refractivity contribution in [2.45, 2.75) is 0 Å². The molecule has 0 heteroatoms. The summed E-state index contributed by atoms with van der Waals surface area (Å²) in [5, 5.41) is 17.7. The minimum absolute atomic E-state index is 1.21. The number of fused-ring (bicyclic) bond motifs is 9. The zero-order valence-corrected chi connectivity index (χ0v) is 31.8. The predicted molar refractivity (Wildman–Crippen MR) is 251 cm³/mol. The van der Waals surface area contributed by atoms with Crippen LogP contribution in [0.25, 0.3) is 120 Å². The lowest BCUT2D eigenvalue weighted by molar-refractivity contribution is 1.64. The molecule has 12 rings (SSSR count). The van der Waals surface area contributed by atoms with Crippen LogP contribution in [0.5, 0.6) is 0 Å². The molecule has 0 fully saturated rings. The second-order valence-electron chi connectivity index (χ2n) is 15.5. The van der Waals surface area contributed by atoms with E-state index in [4.69, 9.17) is 0 Å². The molecule has 58 heavy (non-hydrogen) atoms. The van der Waals surface area contributed by atoms with Gasteiger partial charge in [-0.1, -0.05) is 194 Å². The zero-order chi connectivity index (χ0) is 38.2. The van der Waals surface area contributed by atoms with Crippen molar-refractivity contribution in [2.75, 3.05) is 0 Å². The topological polar surface area (TPSA) is 0 Å². The van der Waals surface area contributed by atoms with E-state index in [-0.39, 0.29) is 0 Å². The fourth-order valence-electron chi connectivity index (χ4n) is 9.82. The standard InChI is InChI=1S/C58H36/c1-4-21-43-37(15-1)18-14-30-44(43)41-31-32-53-56(36-41)58(55-35-40-17-3-6-23-46(40)48-25-8-10-27-50(48)55)52-29-12-11-28-51(52)57(53)42-20-13-19-38(33-42)54-34-39-16-2-5-22-45(39)47-24-7-9-26-49(47)54/h1-36H. The highest BCUT2D eigenvalue weighted by Crippen LogP contribution is 2.48. The van der Waals surface area contributed by atoms with Gasteiger partial charge in [-0.25, -0.2) is 0 Å². The highest BCUT2D eigenvalue weighted by atomic mass is 14.2. The Kier molecular flexibility index (Phi) is 7.33. The summed E-state index contributed by atoms with van der Waals surface area (Å²) >= 11 is 0. The smallest absolute Gasteiger partial charge is 0.00197 e. The van der Waals surface area contributed by atoms with E-state index in [0.717, 1.165) is 0 Å². The molecule has 0 bridgehead atoms. The average molecular weight is 733 g/mol. The molecule has 0 atom stereocenters. The minimum atomic E-state index is 1.21. The Balaban J connectivity index is 1.19. The van der Waals surface area contributed by atoms with Crippen molar-refractivity contribution in [3.8, 4) is 44.5 Å². The molecule has 0 saturated heterocycles. The van der Waals surface area contributed by atoms with Crippen LogP contribution < -0.4 is 0 Å².